The first-order chi connectivity index (χ1) is 8.76. The third kappa shape index (κ3) is 6.18. The number of carbonyl (C=O) groups excluding carboxylic acids is 1. The molecule has 1 saturated carbocycles. The number of hydrogen-bond acceptors (Lipinski definition) is 2. The van der Waals surface area contributed by atoms with Gasteiger partial charge in [-0.15, -0.1) is 0 Å². The number of nitrogens with one attached hydrogen (secondary N) is 1. The molecule has 3 nitrogen and oxygen atoms in total. The van der Waals surface area contributed by atoms with Crippen LogP contribution in [0.3, 0.4) is 0 Å². The van der Waals surface area contributed by atoms with E-state index in [1.54, 1.807) is 0 Å². The fraction of sp³-hybridized carbons (Fsp3) is 0.867. The van der Waals surface area contributed by atoms with Crippen LogP contribution in [0.1, 0.15) is 78.1 Å². The molecule has 0 radical (unpaired) electrons. The minimum atomic E-state index is 0.0798. The Morgan fingerprint density at radius 3 is 2.56 bits per heavy atom. The van der Waals surface area contributed by atoms with Crippen LogP contribution in [-0.2, 0) is 4.79 Å². The standard InChI is InChI=1S/C15H28N2O/c1-3-5-6-7-8-15(18)17-16-14-11-9-13(4-2)10-12-14/h13H,3-12H2,1-2H3,(H,17,18). The first-order valence-electron chi connectivity index (χ1n) is 7.60. The number of amides is 1. The van der Waals surface area contributed by atoms with Gasteiger partial charge >= 0.3 is 0 Å². The van der Waals surface area contributed by atoms with Gasteiger partial charge in [-0.3, -0.25) is 4.79 Å². The molecule has 1 fully saturated rings. The Kier molecular flexibility index (Phi) is 7.70. The van der Waals surface area contributed by atoms with Gasteiger partial charge in [0.25, 0.3) is 0 Å². The maximum Gasteiger partial charge on any atom is 0.240 e. The van der Waals surface area contributed by atoms with Crippen LogP contribution in [0.2, 0.25) is 0 Å². The summed E-state index contributed by atoms with van der Waals surface area (Å²) in [5.74, 6) is 0.949. The molecule has 0 atom stereocenters. The van der Waals surface area contributed by atoms with E-state index in [2.05, 4.69) is 24.4 Å². The fourth-order valence-electron chi connectivity index (χ4n) is 2.44. The van der Waals surface area contributed by atoms with Gasteiger partial charge in [0.1, 0.15) is 0 Å². The maximum absolute atomic E-state index is 11.6. The predicted molar refractivity (Wildman–Crippen MR) is 76.6 cm³/mol. The molecule has 0 aromatic heterocycles. The van der Waals surface area contributed by atoms with E-state index in [-0.39, 0.29) is 5.91 Å². The number of rotatable bonds is 7. The molecule has 0 bridgehead atoms. The summed E-state index contributed by atoms with van der Waals surface area (Å²) in [4.78, 5) is 11.6. The smallest absolute Gasteiger partial charge is 0.240 e. The zero-order chi connectivity index (χ0) is 13.2. The van der Waals surface area contributed by atoms with Gasteiger partial charge < -0.3 is 0 Å². The largest absolute Gasteiger partial charge is 0.273 e. The molecule has 1 aliphatic carbocycles. The third-order valence-corrected chi connectivity index (χ3v) is 3.86. The lowest BCUT2D eigenvalue weighted by Gasteiger charge is -2.21. The Morgan fingerprint density at radius 2 is 1.94 bits per heavy atom. The molecule has 104 valence electrons. The lowest BCUT2D eigenvalue weighted by atomic mass is 9.86. The van der Waals surface area contributed by atoms with Gasteiger partial charge in [0.15, 0.2) is 0 Å². The summed E-state index contributed by atoms with van der Waals surface area (Å²) >= 11 is 0. The van der Waals surface area contributed by atoms with Crippen LogP contribution < -0.4 is 5.43 Å². The van der Waals surface area contributed by atoms with E-state index >= 15 is 0 Å². The quantitative estimate of drug-likeness (QED) is 0.539. The molecular weight excluding hydrogens is 224 g/mol. The molecule has 1 aliphatic rings. The van der Waals surface area contributed by atoms with E-state index in [1.807, 2.05) is 0 Å². The van der Waals surface area contributed by atoms with Gasteiger partial charge in [0, 0.05) is 12.1 Å². The van der Waals surface area contributed by atoms with Crippen molar-refractivity contribution >= 4 is 11.6 Å². The second-order valence-electron chi connectivity index (χ2n) is 5.38. The summed E-state index contributed by atoms with van der Waals surface area (Å²) in [5.41, 5.74) is 3.89. The van der Waals surface area contributed by atoms with E-state index < -0.39 is 0 Å². The van der Waals surface area contributed by atoms with Crippen LogP contribution in [0.25, 0.3) is 0 Å². The highest BCUT2D eigenvalue weighted by atomic mass is 16.2. The van der Waals surface area contributed by atoms with Crippen LogP contribution in [0.4, 0.5) is 0 Å². The second kappa shape index (κ2) is 9.12. The molecule has 3 heteroatoms. The van der Waals surface area contributed by atoms with Crippen LogP contribution in [0.15, 0.2) is 5.10 Å². The Labute approximate surface area is 111 Å². The second-order valence-corrected chi connectivity index (χ2v) is 5.38. The molecule has 1 amide bonds. The van der Waals surface area contributed by atoms with E-state index in [0.717, 1.165) is 31.6 Å². The normalized spacial score (nSPS) is 19.7. The predicted octanol–water partition coefficient (Wildman–Crippen LogP) is 4.03. The molecule has 18 heavy (non-hydrogen) atoms. The monoisotopic (exact) mass is 252 g/mol. The average molecular weight is 252 g/mol. The highest BCUT2D eigenvalue weighted by Crippen LogP contribution is 2.24. The van der Waals surface area contributed by atoms with Crippen molar-refractivity contribution in [1.82, 2.24) is 5.43 Å². The Hall–Kier alpha value is -0.860. The first kappa shape index (κ1) is 15.2. The van der Waals surface area contributed by atoms with Crippen molar-refractivity contribution in [2.75, 3.05) is 0 Å². The Bertz CT molecular complexity index is 264. The van der Waals surface area contributed by atoms with E-state index in [9.17, 15) is 4.79 Å². The van der Waals surface area contributed by atoms with Crippen molar-refractivity contribution in [3.63, 3.8) is 0 Å². The van der Waals surface area contributed by atoms with Crippen LogP contribution in [0, 0.1) is 5.92 Å². The van der Waals surface area contributed by atoms with Gasteiger partial charge in [0.05, 0.1) is 0 Å². The van der Waals surface area contributed by atoms with E-state index in [4.69, 9.17) is 0 Å². The van der Waals surface area contributed by atoms with E-state index in [0.29, 0.717) is 6.42 Å². The summed E-state index contributed by atoms with van der Waals surface area (Å²) in [6.07, 6.45) is 11.1. The van der Waals surface area contributed by atoms with Gasteiger partial charge in [-0.2, -0.15) is 5.10 Å². The molecule has 0 aromatic rings. The molecule has 0 spiro atoms. The summed E-state index contributed by atoms with van der Waals surface area (Å²) in [5, 5.41) is 4.27. The van der Waals surface area contributed by atoms with Gasteiger partial charge in [-0.05, 0) is 38.0 Å². The summed E-state index contributed by atoms with van der Waals surface area (Å²) in [6.45, 7) is 4.43. The fourth-order valence-corrected chi connectivity index (χ4v) is 2.44. The third-order valence-electron chi connectivity index (χ3n) is 3.86. The number of hydrazone groups is 1. The number of carbonyl (C=O) groups is 1. The number of hydrogen-bond donors (Lipinski definition) is 1. The SMILES string of the molecule is CCCCCCC(=O)NN=C1CCC(CC)CC1. The summed E-state index contributed by atoms with van der Waals surface area (Å²) < 4.78 is 0. The van der Waals surface area contributed by atoms with Crippen molar-refractivity contribution in [3.8, 4) is 0 Å². The van der Waals surface area contributed by atoms with Crippen molar-refractivity contribution in [2.45, 2.75) is 78.1 Å². The first-order valence-corrected chi connectivity index (χ1v) is 7.60. The molecule has 1 N–H and O–H groups in total. The van der Waals surface area contributed by atoms with Crippen molar-refractivity contribution < 1.29 is 4.79 Å². The van der Waals surface area contributed by atoms with Crippen LogP contribution in [0.5, 0.6) is 0 Å². The lowest BCUT2D eigenvalue weighted by molar-refractivity contribution is -0.121. The lowest BCUT2D eigenvalue weighted by Crippen LogP contribution is -2.21. The number of unbranched alkanes of at least 4 members (excludes halogenated alkanes) is 3. The van der Waals surface area contributed by atoms with Crippen LogP contribution in [-0.4, -0.2) is 11.6 Å². The van der Waals surface area contributed by atoms with Crippen molar-refractivity contribution in [2.24, 2.45) is 11.0 Å². The zero-order valence-electron chi connectivity index (χ0n) is 12.0. The summed E-state index contributed by atoms with van der Waals surface area (Å²) in [7, 11) is 0. The van der Waals surface area contributed by atoms with Gasteiger partial charge in [0.2, 0.25) is 5.91 Å². The van der Waals surface area contributed by atoms with Gasteiger partial charge in [-0.1, -0.05) is 39.5 Å². The Balaban J connectivity index is 2.13. The number of nitrogens with zero attached hydrogens (tertiary/aromatic N) is 1. The van der Waals surface area contributed by atoms with Crippen molar-refractivity contribution in [3.05, 3.63) is 0 Å². The highest BCUT2D eigenvalue weighted by Gasteiger charge is 2.15. The van der Waals surface area contributed by atoms with Crippen molar-refractivity contribution in [1.29, 1.82) is 0 Å². The minimum absolute atomic E-state index is 0.0798. The molecule has 0 saturated heterocycles. The molecular formula is C15H28N2O. The Morgan fingerprint density at radius 1 is 1.22 bits per heavy atom. The summed E-state index contributed by atoms with van der Waals surface area (Å²) in [6, 6.07) is 0. The molecule has 0 aliphatic heterocycles. The minimum Gasteiger partial charge on any atom is -0.273 e. The van der Waals surface area contributed by atoms with Gasteiger partial charge in [-0.25, -0.2) is 5.43 Å². The van der Waals surface area contributed by atoms with Crippen LogP contribution >= 0.6 is 0 Å². The zero-order valence-corrected chi connectivity index (χ0v) is 12.0. The molecule has 0 aromatic carbocycles. The average Bonchev–Trinajstić information content (AvgIpc) is 2.42. The highest BCUT2D eigenvalue weighted by molar-refractivity contribution is 5.86. The molecule has 0 unspecified atom stereocenters. The van der Waals surface area contributed by atoms with E-state index in [1.165, 1.54) is 37.8 Å². The molecule has 1 rings (SSSR count). The topological polar surface area (TPSA) is 41.5 Å². The maximum atomic E-state index is 11.6. The molecule has 0 heterocycles.